The van der Waals surface area contributed by atoms with Crippen LogP contribution in [0, 0.1) is 14.9 Å². The first-order chi connectivity index (χ1) is 8.54. The largest absolute Gasteiger partial charge is 1.00 e. The Hall–Kier alpha value is -0.274. The molecule has 6 heteroatoms. The summed E-state index contributed by atoms with van der Waals surface area (Å²) in [5, 5.41) is 4.73. The maximum absolute atomic E-state index is 11.5. The van der Waals surface area contributed by atoms with Crippen molar-refractivity contribution in [1.82, 2.24) is 10.6 Å². The summed E-state index contributed by atoms with van der Waals surface area (Å²) in [4.78, 5) is 33.7. The van der Waals surface area contributed by atoms with Crippen molar-refractivity contribution < 1.29 is 65.8 Å². The summed E-state index contributed by atoms with van der Waals surface area (Å²) >= 11 is 0. The molecule has 1 aliphatic rings. The maximum atomic E-state index is 11.5. The number of rotatable bonds is 3. The van der Waals surface area contributed by atoms with Crippen molar-refractivity contribution in [3.8, 4) is 0 Å². The van der Waals surface area contributed by atoms with Gasteiger partial charge in [-0.1, -0.05) is 32.6 Å². The first-order valence-corrected chi connectivity index (χ1v) is 5.98. The average Bonchev–Trinajstić information content (AvgIpc) is 2.35. The van der Waals surface area contributed by atoms with Gasteiger partial charge in [-0.25, -0.2) is 0 Å². The molecule has 0 aliphatic carbocycles. The van der Waals surface area contributed by atoms with Crippen LogP contribution in [0.15, 0.2) is 24.3 Å². The zero-order chi connectivity index (χ0) is 14.1. The number of hydrogen-bond donors (Lipinski definition) is 2. The molecular weight excluding hydrogens is 295 g/mol. The molecule has 116 valence electrons. The quantitative estimate of drug-likeness (QED) is 0.229. The van der Waals surface area contributed by atoms with Crippen LogP contribution in [0.1, 0.15) is 33.6 Å². The zero-order valence-corrected chi connectivity index (χ0v) is 17.2. The van der Waals surface area contributed by atoms with E-state index in [1.807, 2.05) is 13.8 Å². The van der Waals surface area contributed by atoms with Crippen LogP contribution in [0.2, 0.25) is 0 Å². The van der Waals surface area contributed by atoms with Gasteiger partial charge in [0.1, 0.15) is 6.04 Å². The van der Waals surface area contributed by atoms with E-state index in [4.69, 9.17) is 0 Å². The van der Waals surface area contributed by atoms with Crippen molar-refractivity contribution in [2.75, 3.05) is 0 Å². The summed E-state index contributed by atoms with van der Waals surface area (Å²) in [7, 11) is 0. The molecule has 1 aliphatic heterocycles. The molecule has 0 saturated carbocycles. The van der Waals surface area contributed by atoms with Crippen molar-refractivity contribution in [3.63, 3.8) is 0 Å². The Bertz CT molecular complexity index is 379. The number of carbonyl (C=O) groups is 3. The summed E-state index contributed by atoms with van der Waals surface area (Å²) in [6.07, 6.45) is 3.65. The molecule has 3 amide bonds. The SMILES string of the molecule is C=C/C=C(\C)C(=O)NC1CCC(=O)NC1=O.CC.[CH3-].[CH3-].[K+]. The van der Waals surface area contributed by atoms with E-state index in [2.05, 4.69) is 17.2 Å². The van der Waals surface area contributed by atoms with E-state index in [1.165, 1.54) is 6.08 Å². The normalized spacial score (nSPS) is 16.5. The van der Waals surface area contributed by atoms with Gasteiger partial charge < -0.3 is 20.2 Å². The maximum Gasteiger partial charge on any atom is 1.00 e. The molecule has 1 rings (SSSR count). The second-order valence-corrected chi connectivity index (χ2v) is 3.56. The van der Waals surface area contributed by atoms with Gasteiger partial charge in [-0.3, -0.25) is 19.7 Å². The molecule has 0 bridgehead atoms. The number of nitrogens with one attached hydrogen (secondary N) is 2. The van der Waals surface area contributed by atoms with Gasteiger partial charge >= 0.3 is 51.4 Å². The van der Waals surface area contributed by atoms with Crippen LogP contribution in [0.4, 0.5) is 0 Å². The molecular formula is C15H26KN2O3-. The monoisotopic (exact) mass is 321 g/mol. The van der Waals surface area contributed by atoms with Gasteiger partial charge in [0.25, 0.3) is 0 Å². The van der Waals surface area contributed by atoms with Crippen molar-refractivity contribution >= 4 is 17.7 Å². The van der Waals surface area contributed by atoms with E-state index in [1.54, 1.807) is 13.0 Å². The summed E-state index contributed by atoms with van der Waals surface area (Å²) in [5.41, 5.74) is 0.472. The number of allylic oxidation sites excluding steroid dienone is 2. The summed E-state index contributed by atoms with van der Waals surface area (Å²) in [6, 6.07) is -0.627. The fourth-order valence-corrected chi connectivity index (χ4v) is 1.36. The van der Waals surface area contributed by atoms with E-state index >= 15 is 0 Å². The molecule has 5 nitrogen and oxygen atoms in total. The Morgan fingerprint density at radius 1 is 1.33 bits per heavy atom. The number of imide groups is 1. The Morgan fingerprint density at radius 2 is 1.86 bits per heavy atom. The molecule has 0 aromatic rings. The van der Waals surface area contributed by atoms with Gasteiger partial charge in [-0.2, -0.15) is 0 Å². The number of amides is 3. The topological polar surface area (TPSA) is 75.3 Å². The van der Waals surface area contributed by atoms with Gasteiger partial charge in [0.15, 0.2) is 0 Å². The standard InChI is InChI=1S/C11H14N2O3.C2H6.2CH3.K/c1-3-4-7(2)10(15)12-8-5-6-9(14)13-11(8)16;1-2;;;/h3-4,8H,1,5-6H2,2H3,(H,12,15)(H,13,14,16);1-2H3;2*1H3;/q;;2*-1;+1/b7-4+;;;;. The van der Waals surface area contributed by atoms with Crippen LogP contribution in [-0.2, 0) is 14.4 Å². The third kappa shape index (κ3) is 11.0. The van der Waals surface area contributed by atoms with Gasteiger partial charge in [0.05, 0.1) is 0 Å². The second-order valence-electron chi connectivity index (χ2n) is 3.56. The Morgan fingerprint density at radius 3 is 2.29 bits per heavy atom. The third-order valence-corrected chi connectivity index (χ3v) is 2.27. The first-order valence-electron chi connectivity index (χ1n) is 5.98. The van der Waals surface area contributed by atoms with Crippen molar-refractivity contribution in [2.24, 2.45) is 0 Å². The zero-order valence-electron chi connectivity index (χ0n) is 14.1. The Labute approximate surface area is 171 Å². The number of hydrogen-bond acceptors (Lipinski definition) is 3. The minimum absolute atomic E-state index is 0. The van der Waals surface area contributed by atoms with Crippen molar-refractivity contribution in [3.05, 3.63) is 39.2 Å². The summed E-state index contributed by atoms with van der Waals surface area (Å²) in [6.45, 7) is 9.10. The second kappa shape index (κ2) is 16.1. The average molecular weight is 321 g/mol. The smallest absolute Gasteiger partial charge is 0.358 e. The molecule has 1 saturated heterocycles. The summed E-state index contributed by atoms with van der Waals surface area (Å²) in [5.74, 6) is -1.07. The molecule has 0 spiro atoms. The van der Waals surface area contributed by atoms with Gasteiger partial charge in [-0.15, -0.1) is 0 Å². The van der Waals surface area contributed by atoms with E-state index in [0.717, 1.165) is 0 Å². The van der Waals surface area contributed by atoms with E-state index in [0.29, 0.717) is 12.0 Å². The molecule has 0 radical (unpaired) electrons. The molecule has 1 fully saturated rings. The first kappa shape index (κ1) is 28.8. The van der Waals surface area contributed by atoms with Crippen molar-refractivity contribution in [2.45, 2.75) is 39.7 Å². The fourth-order valence-electron chi connectivity index (χ4n) is 1.36. The van der Waals surface area contributed by atoms with Crippen LogP contribution in [0.25, 0.3) is 0 Å². The van der Waals surface area contributed by atoms with E-state index in [-0.39, 0.29) is 84.5 Å². The molecule has 2 N–H and O–H groups in total. The van der Waals surface area contributed by atoms with Crippen molar-refractivity contribution in [1.29, 1.82) is 0 Å². The summed E-state index contributed by atoms with van der Waals surface area (Å²) < 4.78 is 0. The van der Waals surface area contributed by atoms with E-state index < -0.39 is 11.9 Å². The van der Waals surface area contributed by atoms with Crippen LogP contribution in [0.3, 0.4) is 0 Å². The van der Waals surface area contributed by atoms with Gasteiger partial charge in [0.2, 0.25) is 17.7 Å². The Balaban J connectivity index is -0.000000276. The predicted octanol–water partition coefficient (Wildman–Crippen LogP) is -1.03. The molecule has 1 unspecified atom stereocenters. The minimum atomic E-state index is -0.627. The molecule has 21 heavy (non-hydrogen) atoms. The molecule has 1 heterocycles. The number of piperidine rings is 1. The molecule has 0 aromatic carbocycles. The fraction of sp³-hybridized carbons (Fsp3) is 0.400. The Kier molecular flexibility index (Phi) is 22.1. The van der Waals surface area contributed by atoms with Crippen LogP contribution < -0.4 is 62.0 Å². The van der Waals surface area contributed by atoms with Gasteiger partial charge in [0, 0.05) is 12.0 Å². The third-order valence-electron chi connectivity index (χ3n) is 2.27. The van der Waals surface area contributed by atoms with Crippen LogP contribution in [0.5, 0.6) is 0 Å². The van der Waals surface area contributed by atoms with Crippen LogP contribution in [-0.4, -0.2) is 23.8 Å². The minimum Gasteiger partial charge on any atom is -0.358 e. The van der Waals surface area contributed by atoms with E-state index in [9.17, 15) is 14.4 Å². The van der Waals surface area contributed by atoms with Crippen LogP contribution >= 0.6 is 0 Å². The van der Waals surface area contributed by atoms with Gasteiger partial charge in [-0.05, 0) is 13.3 Å². The molecule has 0 aromatic heterocycles. The predicted molar refractivity (Wildman–Crippen MR) is 82.4 cm³/mol. The number of carbonyl (C=O) groups excluding carboxylic acids is 3. The molecule has 1 atom stereocenters.